The van der Waals surface area contributed by atoms with Crippen molar-refractivity contribution in [3.8, 4) is 0 Å². The van der Waals surface area contributed by atoms with E-state index in [1.54, 1.807) is 11.8 Å². The van der Waals surface area contributed by atoms with Gasteiger partial charge in [-0.25, -0.2) is 4.98 Å². The number of nitrogens with zero attached hydrogens (tertiary/aromatic N) is 3. The van der Waals surface area contributed by atoms with E-state index in [0.29, 0.717) is 42.3 Å². The van der Waals surface area contributed by atoms with Crippen LogP contribution in [0, 0.1) is 6.92 Å². The van der Waals surface area contributed by atoms with Gasteiger partial charge in [-0.2, -0.15) is 0 Å². The lowest BCUT2D eigenvalue weighted by Gasteiger charge is -2.27. The van der Waals surface area contributed by atoms with Gasteiger partial charge in [0.25, 0.3) is 11.5 Å². The minimum absolute atomic E-state index is 0.0402. The maximum absolute atomic E-state index is 12.8. The molecule has 0 fully saturated rings. The minimum Gasteiger partial charge on any atom is -0.331 e. The molecule has 4 rings (SSSR count). The molecule has 1 aliphatic rings. The molecule has 0 spiro atoms. The summed E-state index contributed by atoms with van der Waals surface area (Å²) >= 11 is 0. The molecule has 1 amide bonds. The zero-order valence-corrected chi connectivity index (χ0v) is 12.7. The van der Waals surface area contributed by atoms with Crippen LogP contribution in [0.5, 0.6) is 0 Å². The summed E-state index contributed by atoms with van der Waals surface area (Å²) in [5.41, 5.74) is 2.92. The van der Waals surface area contributed by atoms with Crippen molar-refractivity contribution in [1.29, 1.82) is 0 Å². The van der Waals surface area contributed by atoms with Gasteiger partial charge in [0.05, 0.1) is 12.2 Å². The third-order valence-corrected chi connectivity index (χ3v) is 4.26. The largest absolute Gasteiger partial charge is 0.331 e. The van der Waals surface area contributed by atoms with Crippen molar-refractivity contribution >= 4 is 11.4 Å². The first kappa shape index (κ1) is 13.8. The molecule has 3 aromatic heterocycles. The fourth-order valence-electron chi connectivity index (χ4n) is 3.13. The molecule has 6 heteroatoms. The van der Waals surface area contributed by atoms with Gasteiger partial charge in [0.15, 0.2) is 0 Å². The van der Waals surface area contributed by atoms with Crippen molar-refractivity contribution in [2.45, 2.75) is 19.9 Å². The van der Waals surface area contributed by atoms with Gasteiger partial charge in [0, 0.05) is 23.8 Å². The molecule has 0 aliphatic carbocycles. The van der Waals surface area contributed by atoms with Crippen LogP contribution >= 0.6 is 0 Å². The van der Waals surface area contributed by atoms with Crippen molar-refractivity contribution in [2.75, 3.05) is 6.54 Å². The summed E-state index contributed by atoms with van der Waals surface area (Å²) in [6, 6.07) is 9.58. The van der Waals surface area contributed by atoms with Crippen molar-refractivity contribution in [3.63, 3.8) is 0 Å². The molecule has 3 aromatic rings. The first-order valence-electron chi connectivity index (χ1n) is 7.57. The van der Waals surface area contributed by atoms with Gasteiger partial charge in [-0.3, -0.25) is 9.59 Å². The molecule has 23 heavy (non-hydrogen) atoms. The van der Waals surface area contributed by atoms with Crippen LogP contribution in [0.3, 0.4) is 0 Å². The number of amides is 1. The molecule has 0 atom stereocenters. The Morgan fingerprint density at radius 1 is 1.26 bits per heavy atom. The zero-order valence-electron chi connectivity index (χ0n) is 12.7. The molecule has 1 aliphatic heterocycles. The Kier molecular flexibility index (Phi) is 3.04. The third kappa shape index (κ3) is 2.23. The highest BCUT2D eigenvalue weighted by Crippen LogP contribution is 2.18. The molecule has 0 radical (unpaired) electrons. The summed E-state index contributed by atoms with van der Waals surface area (Å²) in [6.45, 7) is 2.65. The third-order valence-electron chi connectivity index (χ3n) is 4.26. The number of H-pyrrole nitrogens is 1. The number of hydrogen-bond acceptors (Lipinski definition) is 3. The summed E-state index contributed by atoms with van der Waals surface area (Å²) in [5, 5.41) is 0. The summed E-state index contributed by atoms with van der Waals surface area (Å²) in [6.07, 6.45) is 2.42. The number of pyridine rings is 1. The molecule has 0 bridgehead atoms. The van der Waals surface area contributed by atoms with E-state index < -0.39 is 0 Å². The maximum Gasteiger partial charge on any atom is 0.271 e. The smallest absolute Gasteiger partial charge is 0.271 e. The fourth-order valence-corrected chi connectivity index (χ4v) is 3.13. The van der Waals surface area contributed by atoms with Crippen LogP contribution in [-0.2, 0) is 13.0 Å². The number of hydrogen-bond donors (Lipinski definition) is 1. The fraction of sp³-hybridized carbons (Fsp3) is 0.235. The number of nitrogens with one attached hydrogen (secondary N) is 1. The second-order valence-corrected chi connectivity index (χ2v) is 5.77. The molecule has 116 valence electrons. The van der Waals surface area contributed by atoms with Crippen molar-refractivity contribution < 1.29 is 4.79 Å². The molecular weight excluding hydrogens is 292 g/mol. The molecular formula is C17H16N4O2. The summed E-state index contributed by atoms with van der Waals surface area (Å²) < 4.78 is 1.88. The highest BCUT2D eigenvalue weighted by molar-refractivity contribution is 5.94. The Balaban J connectivity index is 1.69. The minimum atomic E-state index is -0.0901. The molecule has 0 aromatic carbocycles. The normalized spacial score (nSPS) is 14.0. The average Bonchev–Trinajstić information content (AvgIpc) is 2.97. The van der Waals surface area contributed by atoms with E-state index in [4.69, 9.17) is 0 Å². The van der Waals surface area contributed by atoms with Gasteiger partial charge < -0.3 is 14.3 Å². The Bertz CT molecular complexity index is 970. The monoisotopic (exact) mass is 308 g/mol. The molecule has 0 unspecified atom stereocenters. The van der Waals surface area contributed by atoms with Crippen molar-refractivity contribution in [2.24, 2.45) is 0 Å². The van der Waals surface area contributed by atoms with E-state index >= 15 is 0 Å². The second-order valence-electron chi connectivity index (χ2n) is 5.77. The van der Waals surface area contributed by atoms with E-state index in [1.807, 2.05) is 40.9 Å². The van der Waals surface area contributed by atoms with Crippen molar-refractivity contribution in [3.05, 3.63) is 69.7 Å². The SMILES string of the molecule is Cc1nc2c(c(=O)[nH]1)CCN(C(=O)c1ccc3ccccn13)C2. The molecule has 6 nitrogen and oxygen atoms in total. The first-order valence-corrected chi connectivity index (χ1v) is 7.57. The van der Waals surface area contributed by atoms with Crippen LogP contribution < -0.4 is 5.56 Å². The van der Waals surface area contributed by atoms with E-state index in [0.717, 1.165) is 5.52 Å². The topological polar surface area (TPSA) is 70.5 Å². The molecule has 0 saturated carbocycles. The summed E-state index contributed by atoms with van der Waals surface area (Å²) in [7, 11) is 0. The standard InChI is InChI=1S/C17H16N4O2/c1-11-18-14-10-20(9-7-13(14)16(22)19-11)17(23)15-6-5-12-4-2-3-8-21(12)15/h2-6,8H,7,9-10H2,1H3,(H,18,19,22). The summed E-state index contributed by atoms with van der Waals surface area (Å²) in [4.78, 5) is 33.7. The van der Waals surface area contributed by atoms with Crippen LogP contribution in [0.25, 0.3) is 5.52 Å². The lowest BCUT2D eigenvalue weighted by Crippen LogP contribution is -2.39. The quantitative estimate of drug-likeness (QED) is 0.741. The van der Waals surface area contributed by atoms with Crippen LogP contribution in [0.1, 0.15) is 27.6 Å². The van der Waals surface area contributed by atoms with Crippen LogP contribution in [-0.4, -0.2) is 31.7 Å². The Labute approximate surface area is 132 Å². The second kappa shape index (κ2) is 5.08. The Hall–Kier alpha value is -2.89. The number of carbonyl (C=O) groups excluding carboxylic acids is 1. The van der Waals surface area contributed by atoms with Gasteiger partial charge in [-0.1, -0.05) is 6.07 Å². The van der Waals surface area contributed by atoms with Gasteiger partial charge in [0.1, 0.15) is 11.5 Å². The van der Waals surface area contributed by atoms with Crippen LogP contribution in [0.15, 0.2) is 41.3 Å². The van der Waals surface area contributed by atoms with E-state index in [-0.39, 0.29) is 11.5 Å². The maximum atomic E-state index is 12.8. The number of carbonyl (C=O) groups is 1. The number of aromatic nitrogens is 3. The molecule has 0 saturated heterocycles. The number of fused-ring (bicyclic) bond motifs is 2. The van der Waals surface area contributed by atoms with E-state index in [2.05, 4.69) is 9.97 Å². The first-order chi connectivity index (χ1) is 11.1. The van der Waals surface area contributed by atoms with Crippen molar-refractivity contribution in [1.82, 2.24) is 19.3 Å². The van der Waals surface area contributed by atoms with E-state index in [1.165, 1.54) is 0 Å². The Morgan fingerprint density at radius 2 is 2.13 bits per heavy atom. The number of rotatable bonds is 1. The van der Waals surface area contributed by atoms with Gasteiger partial charge in [-0.15, -0.1) is 0 Å². The van der Waals surface area contributed by atoms with Crippen LogP contribution in [0.4, 0.5) is 0 Å². The average molecular weight is 308 g/mol. The predicted molar refractivity (Wildman–Crippen MR) is 85.4 cm³/mol. The van der Waals surface area contributed by atoms with Gasteiger partial charge >= 0.3 is 0 Å². The van der Waals surface area contributed by atoms with Crippen LogP contribution in [0.2, 0.25) is 0 Å². The molecule has 4 heterocycles. The number of aryl methyl sites for hydroxylation is 1. The zero-order chi connectivity index (χ0) is 16.0. The van der Waals surface area contributed by atoms with Gasteiger partial charge in [-0.05, 0) is 37.6 Å². The molecule has 1 N–H and O–H groups in total. The number of aromatic amines is 1. The lowest BCUT2D eigenvalue weighted by molar-refractivity contribution is 0.0724. The van der Waals surface area contributed by atoms with Gasteiger partial charge in [0.2, 0.25) is 0 Å². The lowest BCUT2D eigenvalue weighted by atomic mass is 10.1. The Morgan fingerprint density at radius 3 is 3.00 bits per heavy atom. The summed E-state index contributed by atoms with van der Waals surface area (Å²) in [5.74, 6) is 0.540. The highest BCUT2D eigenvalue weighted by atomic mass is 16.2. The highest BCUT2D eigenvalue weighted by Gasteiger charge is 2.26. The van der Waals surface area contributed by atoms with E-state index in [9.17, 15) is 9.59 Å². The predicted octanol–water partition coefficient (Wildman–Crippen LogP) is 1.53.